The molecule has 2 aromatic heterocycles. The molecule has 3 heterocycles. The van der Waals surface area contributed by atoms with E-state index in [-0.39, 0.29) is 23.3 Å². The van der Waals surface area contributed by atoms with Gasteiger partial charge in [-0.15, -0.1) is 0 Å². The van der Waals surface area contributed by atoms with Gasteiger partial charge in [-0.1, -0.05) is 24.3 Å². The fourth-order valence-corrected chi connectivity index (χ4v) is 4.66. The fraction of sp³-hybridized carbons (Fsp3) is 0.222. The molecule has 0 radical (unpaired) electrons. The summed E-state index contributed by atoms with van der Waals surface area (Å²) in [5.74, 6) is -0.0782. The number of nitrogens with zero attached hydrogens (tertiary/aromatic N) is 4. The highest BCUT2D eigenvalue weighted by Crippen LogP contribution is 2.33. The van der Waals surface area contributed by atoms with E-state index in [9.17, 15) is 22.8 Å². The predicted molar refractivity (Wildman–Crippen MR) is 142 cm³/mol. The Morgan fingerprint density at radius 2 is 1.80 bits per heavy atom. The maximum Gasteiger partial charge on any atom is 0.416 e. The van der Waals surface area contributed by atoms with Gasteiger partial charge in [-0.25, -0.2) is 9.78 Å². The molecule has 0 bridgehead atoms. The third-order valence-corrected chi connectivity index (χ3v) is 6.66. The molecule has 0 spiro atoms. The lowest BCUT2D eigenvalue weighted by Crippen LogP contribution is -2.41. The van der Waals surface area contributed by atoms with Crippen LogP contribution < -0.4 is 16.4 Å². The Bertz CT molecular complexity index is 1490. The topological polar surface area (TPSA) is 142 Å². The molecule has 40 heavy (non-hydrogen) atoms. The van der Waals surface area contributed by atoms with E-state index in [1.807, 2.05) is 0 Å². The Kier molecular flexibility index (Phi) is 7.36. The van der Waals surface area contributed by atoms with Gasteiger partial charge in [0.1, 0.15) is 22.9 Å². The zero-order valence-corrected chi connectivity index (χ0v) is 21.1. The van der Waals surface area contributed by atoms with Gasteiger partial charge in [0.25, 0.3) is 5.91 Å². The van der Waals surface area contributed by atoms with Crippen molar-refractivity contribution in [3.05, 3.63) is 83.8 Å². The second kappa shape index (κ2) is 11.0. The Labute approximate surface area is 226 Å². The summed E-state index contributed by atoms with van der Waals surface area (Å²) >= 11 is 0. The molecule has 10 nitrogen and oxygen atoms in total. The van der Waals surface area contributed by atoms with Crippen molar-refractivity contribution in [2.45, 2.75) is 24.9 Å². The van der Waals surface area contributed by atoms with Crippen molar-refractivity contribution in [2.75, 3.05) is 23.7 Å². The minimum absolute atomic E-state index is 0.0549. The van der Waals surface area contributed by atoms with Crippen LogP contribution in [0.4, 0.5) is 35.3 Å². The van der Waals surface area contributed by atoms with Crippen molar-refractivity contribution in [1.29, 1.82) is 0 Å². The number of rotatable bonds is 6. The first kappa shape index (κ1) is 26.7. The molecule has 0 saturated carbocycles. The summed E-state index contributed by atoms with van der Waals surface area (Å²) in [6.07, 6.45) is 1.62. The molecule has 1 fully saturated rings. The highest BCUT2D eigenvalue weighted by molar-refractivity contribution is 6.04. The number of primary amides is 1. The summed E-state index contributed by atoms with van der Waals surface area (Å²) in [4.78, 5) is 34.9. The molecular formula is C27H25F3N8O2. The van der Waals surface area contributed by atoms with E-state index in [0.29, 0.717) is 35.9 Å². The average molecular weight is 551 g/mol. The van der Waals surface area contributed by atoms with Gasteiger partial charge < -0.3 is 21.3 Å². The summed E-state index contributed by atoms with van der Waals surface area (Å²) in [7, 11) is 0. The average Bonchev–Trinajstić information content (AvgIpc) is 3.37. The summed E-state index contributed by atoms with van der Waals surface area (Å²) in [5.41, 5.74) is 7.29. The van der Waals surface area contributed by atoms with E-state index in [1.165, 1.54) is 30.7 Å². The van der Waals surface area contributed by atoms with Crippen molar-refractivity contribution in [3.63, 3.8) is 0 Å². The molecule has 0 aliphatic carbocycles. The highest BCUT2D eigenvalue weighted by Gasteiger charge is 2.31. The highest BCUT2D eigenvalue weighted by atomic mass is 19.4. The van der Waals surface area contributed by atoms with Crippen LogP contribution in [0, 0.1) is 0 Å². The summed E-state index contributed by atoms with van der Waals surface area (Å²) < 4.78 is 38.7. The Morgan fingerprint density at radius 3 is 2.45 bits per heavy atom. The van der Waals surface area contributed by atoms with E-state index in [0.717, 1.165) is 30.5 Å². The number of hydrogen-bond donors (Lipinski definition) is 4. The Hall–Kier alpha value is -4.94. The van der Waals surface area contributed by atoms with E-state index in [1.54, 1.807) is 29.2 Å². The number of amides is 3. The number of H-pyrrole nitrogens is 1. The number of piperidine rings is 1. The van der Waals surface area contributed by atoms with Crippen molar-refractivity contribution in [1.82, 2.24) is 25.1 Å². The number of benzene rings is 2. The quantitative estimate of drug-likeness (QED) is 0.262. The monoisotopic (exact) mass is 550 g/mol. The van der Waals surface area contributed by atoms with Crippen LogP contribution in [-0.2, 0) is 6.18 Å². The number of likely N-dealkylation sites (tertiary alicyclic amines) is 1. The lowest BCUT2D eigenvalue weighted by atomic mass is 9.90. The van der Waals surface area contributed by atoms with Crippen LogP contribution in [-0.4, -0.2) is 50.1 Å². The van der Waals surface area contributed by atoms with Gasteiger partial charge in [0.2, 0.25) is 0 Å². The molecule has 5 rings (SSSR count). The van der Waals surface area contributed by atoms with Gasteiger partial charge in [0.15, 0.2) is 0 Å². The number of aromatic nitrogens is 4. The lowest BCUT2D eigenvalue weighted by molar-refractivity contribution is -0.137. The first-order valence-electron chi connectivity index (χ1n) is 12.4. The molecule has 13 heteroatoms. The van der Waals surface area contributed by atoms with Gasteiger partial charge in [-0.05, 0) is 42.7 Å². The molecule has 1 aliphatic heterocycles. The van der Waals surface area contributed by atoms with E-state index in [2.05, 4.69) is 30.8 Å². The van der Waals surface area contributed by atoms with Crippen LogP contribution in [0.25, 0.3) is 11.3 Å². The number of carbonyl (C=O) groups is 2. The summed E-state index contributed by atoms with van der Waals surface area (Å²) in [6.45, 7) is 0.934. The maximum absolute atomic E-state index is 13.0. The molecule has 1 atom stereocenters. The zero-order chi connectivity index (χ0) is 28.3. The van der Waals surface area contributed by atoms with E-state index < -0.39 is 17.6 Å². The van der Waals surface area contributed by atoms with Gasteiger partial charge in [0.05, 0.1) is 11.8 Å². The molecule has 3 amide bonds. The number of anilines is 3. The SMILES string of the molecule is NC(=O)c1c(-c2ccc(NC(=O)N3CCCC(c4ccc(C(F)(F)F)cc4)C3)cc2)n[nH]c1Nc1cnccn1. The van der Waals surface area contributed by atoms with Crippen LogP contribution in [0.2, 0.25) is 0 Å². The number of aromatic amines is 1. The minimum atomic E-state index is -4.39. The largest absolute Gasteiger partial charge is 0.416 e. The number of halogens is 3. The maximum atomic E-state index is 13.0. The molecule has 2 aromatic carbocycles. The number of hydrogen-bond acceptors (Lipinski definition) is 6. The molecule has 206 valence electrons. The summed E-state index contributed by atoms with van der Waals surface area (Å²) in [6, 6.07) is 11.6. The van der Waals surface area contributed by atoms with Crippen LogP contribution >= 0.6 is 0 Å². The number of alkyl halides is 3. The van der Waals surface area contributed by atoms with Crippen LogP contribution in [0.1, 0.15) is 40.2 Å². The van der Waals surface area contributed by atoms with Crippen molar-refractivity contribution >= 4 is 29.3 Å². The summed E-state index contributed by atoms with van der Waals surface area (Å²) in [5, 5.41) is 12.8. The number of urea groups is 1. The fourth-order valence-electron chi connectivity index (χ4n) is 4.66. The first-order chi connectivity index (χ1) is 19.2. The van der Waals surface area contributed by atoms with E-state index >= 15 is 0 Å². The Morgan fingerprint density at radius 1 is 1.05 bits per heavy atom. The second-order valence-electron chi connectivity index (χ2n) is 9.31. The van der Waals surface area contributed by atoms with Crippen LogP contribution in [0.15, 0.2) is 67.1 Å². The van der Waals surface area contributed by atoms with E-state index in [4.69, 9.17) is 5.73 Å². The van der Waals surface area contributed by atoms with Crippen molar-refractivity contribution in [2.24, 2.45) is 5.73 Å². The Balaban J connectivity index is 1.25. The van der Waals surface area contributed by atoms with Crippen LogP contribution in [0.5, 0.6) is 0 Å². The van der Waals surface area contributed by atoms with Gasteiger partial charge in [0, 0.05) is 42.7 Å². The third kappa shape index (κ3) is 5.87. The van der Waals surface area contributed by atoms with Crippen LogP contribution in [0.3, 0.4) is 0 Å². The minimum Gasteiger partial charge on any atom is -0.365 e. The third-order valence-electron chi connectivity index (χ3n) is 6.66. The van der Waals surface area contributed by atoms with Gasteiger partial charge in [-0.2, -0.15) is 18.3 Å². The first-order valence-corrected chi connectivity index (χ1v) is 12.4. The number of nitrogens with one attached hydrogen (secondary N) is 3. The number of nitrogens with two attached hydrogens (primary N) is 1. The number of carbonyl (C=O) groups excluding carboxylic acids is 2. The molecule has 1 unspecified atom stereocenters. The van der Waals surface area contributed by atoms with Crippen molar-refractivity contribution < 1.29 is 22.8 Å². The normalized spacial score (nSPS) is 15.5. The molecule has 1 aliphatic rings. The zero-order valence-electron chi connectivity index (χ0n) is 21.1. The molecule has 4 aromatic rings. The van der Waals surface area contributed by atoms with Crippen molar-refractivity contribution in [3.8, 4) is 11.3 Å². The van der Waals surface area contributed by atoms with Gasteiger partial charge >= 0.3 is 12.2 Å². The predicted octanol–water partition coefficient (Wildman–Crippen LogP) is 5.14. The molecular weight excluding hydrogens is 525 g/mol. The standard InChI is InChI=1S/C27H25F3N8O2/c28-27(29,30)19-7-3-16(4-8-19)18-2-1-13-38(15-18)26(40)34-20-9-5-17(6-10-20)23-22(24(31)39)25(37-36-23)35-21-14-32-11-12-33-21/h3-12,14,18H,1-2,13,15H2,(H2,31,39)(H,34,40)(H2,33,35,36,37). The molecule has 5 N–H and O–H groups in total. The second-order valence-corrected chi connectivity index (χ2v) is 9.31. The van der Waals surface area contributed by atoms with Gasteiger partial charge in [-0.3, -0.25) is 14.9 Å². The smallest absolute Gasteiger partial charge is 0.365 e. The lowest BCUT2D eigenvalue weighted by Gasteiger charge is -2.33. The molecule has 1 saturated heterocycles.